The summed E-state index contributed by atoms with van der Waals surface area (Å²) < 4.78 is 11.2. The average Bonchev–Trinajstić information content (AvgIpc) is 3.09. The SMILES string of the molecule is Cl.NC1(c2noc(-c3cccc(OCc4ccccc4)c3)n2)CCC1. The van der Waals surface area contributed by atoms with Crippen LogP contribution in [0.5, 0.6) is 5.75 Å². The van der Waals surface area contributed by atoms with E-state index in [1.54, 1.807) is 0 Å². The molecule has 2 N–H and O–H groups in total. The second-order valence-corrected chi connectivity index (χ2v) is 6.23. The molecular formula is C19H20ClN3O2. The van der Waals surface area contributed by atoms with Gasteiger partial charge in [0.1, 0.15) is 12.4 Å². The molecule has 25 heavy (non-hydrogen) atoms. The fourth-order valence-electron chi connectivity index (χ4n) is 2.78. The lowest BCUT2D eigenvalue weighted by Gasteiger charge is -2.34. The highest BCUT2D eigenvalue weighted by Gasteiger charge is 2.39. The molecule has 1 aromatic heterocycles. The van der Waals surface area contributed by atoms with Crippen molar-refractivity contribution in [1.29, 1.82) is 0 Å². The number of nitrogens with two attached hydrogens (primary N) is 1. The Balaban J connectivity index is 0.00000182. The quantitative estimate of drug-likeness (QED) is 0.744. The molecule has 2 aromatic carbocycles. The van der Waals surface area contributed by atoms with Crippen LogP contribution < -0.4 is 10.5 Å². The maximum absolute atomic E-state index is 6.25. The van der Waals surface area contributed by atoms with Gasteiger partial charge in [0.25, 0.3) is 5.89 Å². The third-order valence-electron chi connectivity index (χ3n) is 4.45. The van der Waals surface area contributed by atoms with Crippen molar-refractivity contribution in [3.8, 4) is 17.2 Å². The van der Waals surface area contributed by atoms with Gasteiger partial charge in [0.15, 0.2) is 5.82 Å². The highest BCUT2D eigenvalue weighted by molar-refractivity contribution is 5.85. The zero-order valence-corrected chi connectivity index (χ0v) is 14.5. The first-order valence-corrected chi connectivity index (χ1v) is 8.13. The summed E-state index contributed by atoms with van der Waals surface area (Å²) in [5.74, 6) is 1.84. The van der Waals surface area contributed by atoms with Crippen LogP contribution in [0.15, 0.2) is 59.1 Å². The Morgan fingerprint density at radius 1 is 1.08 bits per heavy atom. The molecule has 3 aromatic rings. The molecule has 6 heteroatoms. The van der Waals surface area contributed by atoms with Crippen LogP contribution in [-0.4, -0.2) is 10.1 Å². The molecule has 1 aliphatic rings. The summed E-state index contributed by atoms with van der Waals surface area (Å²) in [4.78, 5) is 4.48. The van der Waals surface area contributed by atoms with E-state index in [4.69, 9.17) is 15.0 Å². The second kappa shape index (κ2) is 7.25. The van der Waals surface area contributed by atoms with E-state index >= 15 is 0 Å². The minimum absolute atomic E-state index is 0. The number of hydrogen-bond acceptors (Lipinski definition) is 5. The van der Waals surface area contributed by atoms with Crippen molar-refractivity contribution in [1.82, 2.24) is 10.1 Å². The number of aromatic nitrogens is 2. The summed E-state index contributed by atoms with van der Waals surface area (Å²) in [5, 5.41) is 4.06. The Morgan fingerprint density at radius 2 is 1.88 bits per heavy atom. The van der Waals surface area contributed by atoms with Crippen molar-refractivity contribution in [2.45, 2.75) is 31.4 Å². The van der Waals surface area contributed by atoms with E-state index in [0.717, 1.165) is 36.1 Å². The van der Waals surface area contributed by atoms with Gasteiger partial charge in [-0.15, -0.1) is 12.4 Å². The maximum atomic E-state index is 6.25. The molecule has 1 fully saturated rings. The Hall–Kier alpha value is -2.37. The Labute approximate surface area is 152 Å². The minimum Gasteiger partial charge on any atom is -0.489 e. The number of ether oxygens (including phenoxy) is 1. The summed E-state index contributed by atoms with van der Waals surface area (Å²) in [6.45, 7) is 0.519. The highest BCUT2D eigenvalue weighted by atomic mass is 35.5. The summed E-state index contributed by atoms with van der Waals surface area (Å²) in [6.07, 6.45) is 2.93. The number of hydrogen-bond donors (Lipinski definition) is 1. The number of halogens is 1. The Kier molecular flexibility index (Phi) is 5.06. The number of rotatable bonds is 5. The lowest BCUT2D eigenvalue weighted by atomic mass is 9.77. The van der Waals surface area contributed by atoms with Crippen LogP contribution >= 0.6 is 12.4 Å². The first-order chi connectivity index (χ1) is 11.7. The molecule has 130 valence electrons. The first kappa shape index (κ1) is 17.5. The molecule has 0 bridgehead atoms. The van der Waals surface area contributed by atoms with Crippen LogP contribution in [-0.2, 0) is 12.1 Å². The van der Waals surface area contributed by atoms with Crippen LogP contribution in [0.1, 0.15) is 30.7 Å². The standard InChI is InChI=1S/C19H19N3O2.ClH/c20-19(10-5-11-19)18-21-17(24-22-18)15-8-4-9-16(12-15)23-13-14-6-2-1-3-7-14;/h1-4,6-9,12H,5,10-11,13,20H2;1H. The van der Waals surface area contributed by atoms with Gasteiger partial charge in [-0.1, -0.05) is 41.6 Å². The summed E-state index contributed by atoms with van der Waals surface area (Å²) >= 11 is 0. The average molecular weight is 358 g/mol. The van der Waals surface area contributed by atoms with Crippen molar-refractivity contribution in [3.63, 3.8) is 0 Å². The van der Waals surface area contributed by atoms with E-state index in [1.165, 1.54) is 0 Å². The highest BCUT2D eigenvalue weighted by Crippen LogP contribution is 2.37. The lowest BCUT2D eigenvalue weighted by molar-refractivity contribution is 0.229. The Bertz CT molecular complexity index is 831. The smallest absolute Gasteiger partial charge is 0.258 e. The molecule has 0 spiro atoms. The van der Waals surface area contributed by atoms with E-state index in [1.807, 2.05) is 54.6 Å². The zero-order chi connectivity index (χ0) is 16.4. The zero-order valence-electron chi connectivity index (χ0n) is 13.7. The van der Waals surface area contributed by atoms with Gasteiger partial charge in [0, 0.05) is 5.56 Å². The van der Waals surface area contributed by atoms with Gasteiger partial charge < -0.3 is 15.0 Å². The van der Waals surface area contributed by atoms with E-state index in [0.29, 0.717) is 18.3 Å². The molecule has 0 atom stereocenters. The molecule has 5 nitrogen and oxygen atoms in total. The fourth-order valence-corrected chi connectivity index (χ4v) is 2.78. The summed E-state index contributed by atoms with van der Waals surface area (Å²) in [6, 6.07) is 17.7. The molecule has 4 rings (SSSR count). The van der Waals surface area contributed by atoms with Crippen molar-refractivity contribution in [2.24, 2.45) is 5.73 Å². The van der Waals surface area contributed by atoms with Crippen LogP contribution in [0.3, 0.4) is 0 Å². The number of benzene rings is 2. The molecule has 0 radical (unpaired) electrons. The molecule has 0 saturated heterocycles. The van der Waals surface area contributed by atoms with Crippen LogP contribution in [0.25, 0.3) is 11.5 Å². The molecule has 0 amide bonds. The lowest BCUT2D eigenvalue weighted by Crippen LogP contribution is -2.44. The topological polar surface area (TPSA) is 74.2 Å². The maximum Gasteiger partial charge on any atom is 0.258 e. The third kappa shape index (κ3) is 3.67. The third-order valence-corrected chi connectivity index (χ3v) is 4.45. The van der Waals surface area contributed by atoms with E-state index in [9.17, 15) is 0 Å². The van der Waals surface area contributed by atoms with Gasteiger partial charge in [-0.25, -0.2) is 0 Å². The second-order valence-electron chi connectivity index (χ2n) is 6.23. The fraction of sp³-hybridized carbons (Fsp3) is 0.263. The first-order valence-electron chi connectivity index (χ1n) is 8.13. The van der Waals surface area contributed by atoms with E-state index < -0.39 is 5.54 Å². The molecule has 0 aliphatic heterocycles. The van der Waals surface area contributed by atoms with Crippen LogP contribution in [0.4, 0.5) is 0 Å². The molecule has 0 unspecified atom stereocenters. The minimum atomic E-state index is -0.414. The van der Waals surface area contributed by atoms with Crippen LogP contribution in [0, 0.1) is 0 Å². The summed E-state index contributed by atoms with van der Waals surface area (Å²) in [7, 11) is 0. The van der Waals surface area contributed by atoms with Crippen molar-refractivity contribution in [2.75, 3.05) is 0 Å². The van der Waals surface area contributed by atoms with E-state index in [-0.39, 0.29) is 12.4 Å². The normalized spacial score (nSPS) is 15.1. The summed E-state index contributed by atoms with van der Waals surface area (Å²) in [5.41, 5.74) is 7.79. The molecular weight excluding hydrogens is 338 g/mol. The molecule has 1 saturated carbocycles. The monoisotopic (exact) mass is 357 g/mol. The van der Waals surface area contributed by atoms with Crippen molar-refractivity contribution < 1.29 is 9.26 Å². The van der Waals surface area contributed by atoms with Gasteiger partial charge in [-0.05, 0) is 43.0 Å². The largest absolute Gasteiger partial charge is 0.489 e. The van der Waals surface area contributed by atoms with Crippen LogP contribution in [0.2, 0.25) is 0 Å². The predicted octanol–water partition coefficient (Wildman–Crippen LogP) is 4.08. The predicted molar refractivity (Wildman–Crippen MR) is 97.5 cm³/mol. The van der Waals surface area contributed by atoms with Crippen molar-refractivity contribution >= 4 is 12.4 Å². The molecule has 1 heterocycles. The van der Waals surface area contributed by atoms with Gasteiger partial charge in [0.05, 0.1) is 5.54 Å². The number of nitrogens with zero attached hydrogens (tertiary/aromatic N) is 2. The van der Waals surface area contributed by atoms with Gasteiger partial charge in [-0.2, -0.15) is 4.98 Å². The van der Waals surface area contributed by atoms with E-state index in [2.05, 4.69) is 10.1 Å². The van der Waals surface area contributed by atoms with Gasteiger partial charge >= 0.3 is 0 Å². The van der Waals surface area contributed by atoms with Gasteiger partial charge in [0.2, 0.25) is 0 Å². The van der Waals surface area contributed by atoms with Crippen molar-refractivity contribution in [3.05, 3.63) is 66.0 Å². The van der Waals surface area contributed by atoms with Gasteiger partial charge in [-0.3, -0.25) is 0 Å². The Morgan fingerprint density at radius 3 is 2.60 bits per heavy atom. The molecule has 1 aliphatic carbocycles.